The van der Waals surface area contributed by atoms with E-state index in [1.54, 1.807) is 0 Å². The highest BCUT2D eigenvalue weighted by Gasteiger charge is 2.40. The summed E-state index contributed by atoms with van der Waals surface area (Å²) in [4.78, 5) is 22.8. The second-order valence-electron chi connectivity index (χ2n) is 6.61. The lowest BCUT2D eigenvalue weighted by Crippen LogP contribution is -2.50. The monoisotopic (exact) mass is 398 g/mol. The van der Waals surface area contributed by atoms with Gasteiger partial charge in [-0.15, -0.1) is 0 Å². The summed E-state index contributed by atoms with van der Waals surface area (Å²) in [5.41, 5.74) is 5.40. The highest BCUT2D eigenvalue weighted by Crippen LogP contribution is 2.28. The van der Waals surface area contributed by atoms with E-state index in [4.69, 9.17) is 5.73 Å². The molecule has 0 saturated carbocycles. The minimum absolute atomic E-state index is 0.183. The van der Waals surface area contributed by atoms with Crippen LogP contribution in [0, 0.1) is 10.1 Å². The molecule has 0 radical (unpaired) electrons. The first-order chi connectivity index (χ1) is 12.8. The molecular formula is C17H26N4O5S. The van der Waals surface area contributed by atoms with E-state index in [2.05, 4.69) is 5.32 Å². The maximum atomic E-state index is 13.0. The zero-order chi connectivity index (χ0) is 20.0. The number of amides is 1. The number of nitrogens with two attached hydrogens (primary N) is 1. The van der Waals surface area contributed by atoms with Crippen molar-refractivity contribution in [3.63, 3.8) is 0 Å². The molecule has 1 aliphatic rings. The van der Waals surface area contributed by atoms with Crippen LogP contribution in [0.5, 0.6) is 0 Å². The molecule has 2 atom stereocenters. The quantitative estimate of drug-likeness (QED) is 0.476. The first-order valence-corrected chi connectivity index (χ1v) is 10.5. The van der Waals surface area contributed by atoms with Crippen LogP contribution in [0.15, 0.2) is 29.2 Å². The van der Waals surface area contributed by atoms with E-state index in [-0.39, 0.29) is 35.6 Å². The van der Waals surface area contributed by atoms with E-state index in [0.29, 0.717) is 12.8 Å². The van der Waals surface area contributed by atoms with Crippen molar-refractivity contribution in [2.45, 2.75) is 56.0 Å². The van der Waals surface area contributed by atoms with Crippen LogP contribution in [0.2, 0.25) is 0 Å². The maximum Gasteiger partial charge on any atom is 0.270 e. The minimum atomic E-state index is -4.01. The van der Waals surface area contributed by atoms with Gasteiger partial charge in [0, 0.05) is 31.3 Å². The summed E-state index contributed by atoms with van der Waals surface area (Å²) in [7, 11) is -4.01. The van der Waals surface area contributed by atoms with Crippen molar-refractivity contribution in [1.29, 1.82) is 0 Å². The molecule has 1 heterocycles. The minimum Gasteiger partial charge on any atom is -0.351 e. The van der Waals surface area contributed by atoms with Gasteiger partial charge in [0.2, 0.25) is 15.9 Å². The van der Waals surface area contributed by atoms with Crippen molar-refractivity contribution in [3.05, 3.63) is 34.4 Å². The van der Waals surface area contributed by atoms with Gasteiger partial charge >= 0.3 is 0 Å². The Morgan fingerprint density at radius 1 is 1.48 bits per heavy atom. The predicted molar refractivity (Wildman–Crippen MR) is 101 cm³/mol. The third-order valence-corrected chi connectivity index (χ3v) is 6.58. The lowest BCUT2D eigenvalue weighted by Gasteiger charge is -2.25. The third kappa shape index (κ3) is 5.02. The molecule has 150 valence electrons. The number of sulfonamides is 1. The van der Waals surface area contributed by atoms with Gasteiger partial charge in [0.05, 0.1) is 9.82 Å². The molecular weight excluding hydrogens is 372 g/mol. The van der Waals surface area contributed by atoms with Gasteiger partial charge in [0.15, 0.2) is 0 Å². The molecule has 10 heteroatoms. The highest BCUT2D eigenvalue weighted by molar-refractivity contribution is 7.89. The number of unbranched alkanes of at least 4 members (excludes halogenated alkanes) is 1. The Morgan fingerprint density at radius 3 is 2.85 bits per heavy atom. The van der Waals surface area contributed by atoms with Crippen molar-refractivity contribution in [2.75, 3.05) is 13.1 Å². The number of carbonyl (C=O) groups is 1. The van der Waals surface area contributed by atoms with Crippen LogP contribution in [0.3, 0.4) is 0 Å². The van der Waals surface area contributed by atoms with Gasteiger partial charge in [0.1, 0.15) is 6.04 Å². The largest absolute Gasteiger partial charge is 0.351 e. The molecule has 2 unspecified atom stereocenters. The SMILES string of the molecule is CCCCC(CN)NC(=O)C1CCCN1S(=O)(=O)c1cccc([N+](=O)[O-])c1. The van der Waals surface area contributed by atoms with Crippen molar-refractivity contribution >= 4 is 21.6 Å². The van der Waals surface area contributed by atoms with Crippen molar-refractivity contribution in [2.24, 2.45) is 5.73 Å². The fourth-order valence-electron chi connectivity index (χ4n) is 3.18. The number of nitro groups is 1. The second kappa shape index (κ2) is 9.25. The summed E-state index contributed by atoms with van der Waals surface area (Å²) in [5.74, 6) is -0.368. The van der Waals surface area contributed by atoms with Crippen LogP contribution in [-0.2, 0) is 14.8 Å². The molecule has 1 fully saturated rings. The van der Waals surface area contributed by atoms with Gasteiger partial charge < -0.3 is 11.1 Å². The number of nitrogens with one attached hydrogen (secondary N) is 1. The normalized spacial score (nSPS) is 19.0. The summed E-state index contributed by atoms with van der Waals surface area (Å²) < 4.78 is 27.0. The Kier molecular flexibility index (Phi) is 7.28. The molecule has 3 N–H and O–H groups in total. The van der Waals surface area contributed by atoms with E-state index in [1.807, 2.05) is 6.92 Å². The molecule has 0 aliphatic carbocycles. The first-order valence-electron chi connectivity index (χ1n) is 9.08. The molecule has 1 aliphatic heterocycles. The van der Waals surface area contributed by atoms with E-state index >= 15 is 0 Å². The summed E-state index contributed by atoms with van der Waals surface area (Å²) >= 11 is 0. The fraction of sp³-hybridized carbons (Fsp3) is 0.588. The molecule has 1 amide bonds. The van der Waals surface area contributed by atoms with Gasteiger partial charge in [-0.1, -0.05) is 25.8 Å². The van der Waals surface area contributed by atoms with Crippen LogP contribution in [0.4, 0.5) is 5.69 Å². The predicted octanol–water partition coefficient (Wildman–Crippen LogP) is 1.38. The van der Waals surface area contributed by atoms with Crippen molar-refractivity contribution in [1.82, 2.24) is 9.62 Å². The Balaban J connectivity index is 2.20. The topological polar surface area (TPSA) is 136 Å². The van der Waals surface area contributed by atoms with Crippen molar-refractivity contribution < 1.29 is 18.1 Å². The Bertz CT molecular complexity index is 783. The zero-order valence-corrected chi connectivity index (χ0v) is 16.2. The first kappa shape index (κ1) is 21.3. The van der Waals surface area contributed by atoms with Gasteiger partial charge in [-0.2, -0.15) is 4.31 Å². The smallest absolute Gasteiger partial charge is 0.270 e. The van der Waals surface area contributed by atoms with Gasteiger partial charge in [0.25, 0.3) is 5.69 Å². The maximum absolute atomic E-state index is 13.0. The Morgan fingerprint density at radius 2 is 2.22 bits per heavy atom. The number of non-ortho nitro benzene ring substituents is 1. The summed E-state index contributed by atoms with van der Waals surface area (Å²) in [5, 5.41) is 13.8. The summed E-state index contributed by atoms with van der Waals surface area (Å²) in [6.45, 7) is 2.53. The Labute approximate surface area is 159 Å². The average Bonchev–Trinajstić information content (AvgIpc) is 3.16. The standard InChI is InChI=1S/C17H26N4O5S/c1-2-3-6-13(12-18)19-17(22)16-9-5-10-20(16)27(25,26)15-8-4-7-14(11-15)21(23)24/h4,7-8,11,13,16H,2-3,5-6,9-10,12,18H2,1H3,(H,19,22). The number of rotatable bonds is 9. The lowest BCUT2D eigenvalue weighted by molar-refractivity contribution is -0.385. The van der Waals surface area contributed by atoms with Crippen molar-refractivity contribution in [3.8, 4) is 0 Å². The molecule has 9 nitrogen and oxygen atoms in total. The van der Waals surface area contributed by atoms with Gasteiger partial charge in [-0.05, 0) is 25.3 Å². The molecule has 0 bridgehead atoms. The van der Waals surface area contributed by atoms with E-state index in [0.717, 1.165) is 29.6 Å². The number of hydrogen-bond acceptors (Lipinski definition) is 6. The number of nitro benzene ring substituents is 1. The number of benzene rings is 1. The van der Waals surface area contributed by atoms with E-state index < -0.39 is 21.0 Å². The highest BCUT2D eigenvalue weighted by atomic mass is 32.2. The van der Waals surface area contributed by atoms with Crippen LogP contribution in [-0.4, -0.2) is 48.7 Å². The molecule has 1 aromatic carbocycles. The summed E-state index contributed by atoms with van der Waals surface area (Å²) in [6, 6.07) is 3.86. The van der Waals surface area contributed by atoms with Crippen LogP contribution < -0.4 is 11.1 Å². The van der Waals surface area contributed by atoms with Crippen LogP contribution >= 0.6 is 0 Å². The van der Waals surface area contributed by atoms with Crippen LogP contribution in [0.25, 0.3) is 0 Å². The molecule has 1 saturated heterocycles. The van der Waals surface area contributed by atoms with E-state index in [1.165, 1.54) is 18.2 Å². The molecule has 0 spiro atoms. The fourth-order valence-corrected chi connectivity index (χ4v) is 4.88. The van der Waals surface area contributed by atoms with Crippen LogP contribution in [0.1, 0.15) is 39.0 Å². The van der Waals surface area contributed by atoms with Gasteiger partial charge in [-0.3, -0.25) is 14.9 Å². The molecule has 1 aromatic rings. The van der Waals surface area contributed by atoms with Gasteiger partial charge in [-0.25, -0.2) is 8.42 Å². The number of carbonyl (C=O) groups excluding carboxylic acids is 1. The van der Waals surface area contributed by atoms with E-state index in [9.17, 15) is 23.3 Å². The number of hydrogen-bond donors (Lipinski definition) is 2. The molecule has 0 aromatic heterocycles. The second-order valence-corrected chi connectivity index (χ2v) is 8.50. The number of nitrogens with zero attached hydrogens (tertiary/aromatic N) is 2. The molecule has 2 rings (SSSR count). The summed E-state index contributed by atoms with van der Waals surface area (Å²) in [6.07, 6.45) is 3.59. The Hall–Kier alpha value is -2.04. The third-order valence-electron chi connectivity index (χ3n) is 4.68. The molecule has 27 heavy (non-hydrogen) atoms. The lowest BCUT2D eigenvalue weighted by atomic mass is 10.1. The zero-order valence-electron chi connectivity index (χ0n) is 15.3. The average molecular weight is 398 g/mol.